The third-order valence-corrected chi connectivity index (χ3v) is 3.13. The summed E-state index contributed by atoms with van der Waals surface area (Å²) in [4.78, 5) is 0. The van der Waals surface area contributed by atoms with Gasteiger partial charge in [0.2, 0.25) is 0 Å². The van der Waals surface area contributed by atoms with Crippen LogP contribution in [0.15, 0.2) is 12.1 Å². The Balaban J connectivity index is 2.54. The summed E-state index contributed by atoms with van der Waals surface area (Å²) in [6, 6.07) is 2.22. The van der Waals surface area contributed by atoms with Crippen molar-refractivity contribution >= 4 is 11.6 Å². The maximum Gasteiger partial charge on any atom is 0.416 e. The van der Waals surface area contributed by atoms with E-state index in [1.54, 1.807) is 0 Å². The average Bonchev–Trinajstić information content (AvgIpc) is 2.15. The second kappa shape index (κ2) is 3.93. The van der Waals surface area contributed by atoms with E-state index >= 15 is 0 Å². The molecule has 1 unspecified atom stereocenters. The Hall–Kier alpha value is -0.740. The predicted molar refractivity (Wildman–Crippen MR) is 56.6 cm³/mol. The van der Waals surface area contributed by atoms with Gasteiger partial charge in [-0.1, -0.05) is 11.6 Å². The van der Waals surface area contributed by atoms with Crippen molar-refractivity contribution in [3.05, 3.63) is 33.8 Å². The molecule has 1 aromatic carbocycles. The highest BCUT2D eigenvalue weighted by Gasteiger charge is 2.33. The first-order valence-electron chi connectivity index (χ1n) is 5.02. The van der Waals surface area contributed by atoms with Crippen molar-refractivity contribution in [2.24, 2.45) is 0 Å². The van der Waals surface area contributed by atoms with Crippen LogP contribution < -0.4 is 5.32 Å². The largest absolute Gasteiger partial charge is 0.416 e. The summed E-state index contributed by atoms with van der Waals surface area (Å²) in [6.45, 7) is 2.59. The van der Waals surface area contributed by atoms with Crippen LogP contribution >= 0.6 is 11.6 Å². The number of fused-ring (bicyclic) bond motifs is 1. The summed E-state index contributed by atoms with van der Waals surface area (Å²) < 4.78 is 37.7. The van der Waals surface area contributed by atoms with Gasteiger partial charge in [-0.25, -0.2) is 0 Å². The van der Waals surface area contributed by atoms with Crippen LogP contribution in [0.1, 0.15) is 29.7 Å². The van der Waals surface area contributed by atoms with Gasteiger partial charge in [-0.2, -0.15) is 13.2 Å². The van der Waals surface area contributed by atoms with Crippen LogP contribution in [0.4, 0.5) is 13.2 Å². The van der Waals surface area contributed by atoms with Crippen molar-refractivity contribution in [3.8, 4) is 0 Å². The minimum absolute atomic E-state index is 0.0125. The lowest BCUT2D eigenvalue weighted by Crippen LogP contribution is -2.28. The van der Waals surface area contributed by atoms with Crippen LogP contribution in [0.5, 0.6) is 0 Å². The van der Waals surface area contributed by atoms with Crippen molar-refractivity contribution in [1.82, 2.24) is 5.32 Å². The number of rotatable bonds is 0. The summed E-state index contributed by atoms with van der Waals surface area (Å²) in [6.07, 6.45) is -3.74. The lowest BCUT2D eigenvalue weighted by molar-refractivity contribution is -0.137. The Bertz CT molecular complexity index is 414. The van der Waals surface area contributed by atoms with E-state index < -0.39 is 11.7 Å². The fourth-order valence-corrected chi connectivity index (χ4v) is 2.46. The van der Waals surface area contributed by atoms with Gasteiger partial charge in [-0.3, -0.25) is 0 Å². The third-order valence-electron chi connectivity index (χ3n) is 2.82. The van der Waals surface area contributed by atoms with Gasteiger partial charge in [-0.15, -0.1) is 0 Å². The summed E-state index contributed by atoms with van der Waals surface area (Å²) in [7, 11) is 0. The maximum absolute atomic E-state index is 12.6. The molecule has 0 bridgehead atoms. The fourth-order valence-electron chi connectivity index (χ4n) is 2.06. The first-order valence-corrected chi connectivity index (χ1v) is 5.40. The molecular weight excluding hydrogens is 239 g/mol. The molecule has 0 saturated heterocycles. The maximum atomic E-state index is 12.6. The quantitative estimate of drug-likeness (QED) is 0.741. The fraction of sp³-hybridized carbons (Fsp3) is 0.455. The average molecular weight is 250 g/mol. The lowest BCUT2D eigenvalue weighted by Gasteiger charge is -2.26. The third kappa shape index (κ3) is 2.04. The minimum Gasteiger partial charge on any atom is -0.310 e. The summed E-state index contributed by atoms with van der Waals surface area (Å²) >= 11 is 5.91. The SMILES string of the molecule is CC1NCCc2cc(C(F)(F)F)cc(Cl)c21. The van der Waals surface area contributed by atoms with Crippen molar-refractivity contribution in [2.45, 2.75) is 25.6 Å². The summed E-state index contributed by atoms with van der Waals surface area (Å²) in [5, 5.41) is 3.37. The molecular formula is C11H11ClF3N. The van der Waals surface area contributed by atoms with E-state index in [4.69, 9.17) is 11.6 Å². The Morgan fingerprint density at radius 3 is 2.69 bits per heavy atom. The predicted octanol–water partition coefficient (Wildman–Crippen LogP) is 3.57. The van der Waals surface area contributed by atoms with Gasteiger partial charge >= 0.3 is 6.18 Å². The molecule has 0 spiro atoms. The zero-order chi connectivity index (χ0) is 11.9. The Kier molecular flexibility index (Phi) is 2.88. The van der Waals surface area contributed by atoms with Gasteiger partial charge in [0.15, 0.2) is 0 Å². The van der Waals surface area contributed by atoms with Gasteiger partial charge in [0.05, 0.1) is 5.56 Å². The summed E-state index contributed by atoms with van der Waals surface area (Å²) in [5.74, 6) is 0. The molecule has 1 aliphatic rings. The molecule has 0 aromatic heterocycles. The molecule has 0 radical (unpaired) electrons. The molecule has 0 fully saturated rings. The normalized spacial score (nSPS) is 20.7. The van der Waals surface area contributed by atoms with Crippen LogP contribution in [0, 0.1) is 0 Å². The van der Waals surface area contributed by atoms with E-state index in [0.717, 1.165) is 11.6 Å². The standard InChI is InChI=1S/C11H11ClF3N/c1-6-10-7(2-3-16-6)4-8(5-9(10)12)11(13,14)15/h4-6,16H,2-3H2,1H3. The second-order valence-corrected chi connectivity index (χ2v) is 4.36. The topological polar surface area (TPSA) is 12.0 Å². The van der Waals surface area contributed by atoms with Crippen LogP contribution in [-0.4, -0.2) is 6.54 Å². The van der Waals surface area contributed by atoms with E-state index in [9.17, 15) is 13.2 Å². The minimum atomic E-state index is -4.33. The van der Waals surface area contributed by atoms with E-state index in [1.165, 1.54) is 6.07 Å². The lowest BCUT2D eigenvalue weighted by atomic mass is 9.93. The van der Waals surface area contributed by atoms with Crippen LogP contribution in [0.2, 0.25) is 5.02 Å². The molecule has 1 aliphatic heterocycles. The Morgan fingerprint density at radius 1 is 1.38 bits per heavy atom. The van der Waals surface area contributed by atoms with Gasteiger partial charge < -0.3 is 5.32 Å². The zero-order valence-corrected chi connectivity index (χ0v) is 9.41. The van der Waals surface area contributed by atoms with E-state index in [-0.39, 0.29) is 11.1 Å². The molecule has 16 heavy (non-hydrogen) atoms. The molecule has 1 heterocycles. The van der Waals surface area contributed by atoms with Crippen molar-refractivity contribution in [1.29, 1.82) is 0 Å². The van der Waals surface area contributed by atoms with E-state index in [2.05, 4.69) is 5.32 Å². The van der Waals surface area contributed by atoms with Gasteiger partial charge in [-0.05, 0) is 43.1 Å². The number of alkyl halides is 3. The molecule has 1 nitrogen and oxygen atoms in total. The highest BCUT2D eigenvalue weighted by Crippen LogP contribution is 2.37. The smallest absolute Gasteiger partial charge is 0.310 e. The second-order valence-electron chi connectivity index (χ2n) is 3.95. The van der Waals surface area contributed by atoms with E-state index in [0.29, 0.717) is 18.5 Å². The molecule has 1 atom stereocenters. The molecule has 88 valence electrons. The van der Waals surface area contributed by atoms with Gasteiger partial charge in [0, 0.05) is 11.1 Å². The molecule has 1 N–H and O–H groups in total. The van der Waals surface area contributed by atoms with Crippen molar-refractivity contribution in [2.75, 3.05) is 6.54 Å². The highest BCUT2D eigenvalue weighted by atomic mass is 35.5. The number of hydrogen-bond acceptors (Lipinski definition) is 1. The molecule has 2 rings (SSSR count). The van der Waals surface area contributed by atoms with Crippen LogP contribution in [0.25, 0.3) is 0 Å². The number of benzene rings is 1. The Morgan fingerprint density at radius 2 is 2.06 bits per heavy atom. The van der Waals surface area contributed by atoms with Crippen LogP contribution in [-0.2, 0) is 12.6 Å². The molecule has 0 aliphatic carbocycles. The van der Waals surface area contributed by atoms with Crippen LogP contribution in [0.3, 0.4) is 0 Å². The molecule has 5 heteroatoms. The zero-order valence-electron chi connectivity index (χ0n) is 8.66. The number of halogens is 4. The Labute approximate surface area is 96.6 Å². The first-order chi connectivity index (χ1) is 7.39. The molecule has 0 saturated carbocycles. The van der Waals surface area contributed by atoms with E-state index in [1.807, 2.05) is 6.92 Å². The first kappa shape index (κ1) is 11.7. The molecule has 1 aromatic rings. The van der Waals surface area contributed by atoms with Crippen molar-refractivity contribution < 1.29 is 13.2 Å². The van der Waals surface area contributed by atoms with Gasteiger partial charge in [0.1, 0.15) is 0 Å². The monoisotopic (exact) mass is 249 g/mol. The highest BCUT2D eigenvalue weighted by molar-refractivity contribution is 6.31. The van der Waals surface area contributed by atoms with Gasteiger partial charge in [0.25, 0.3) is 0 Å². The van der Waals surface area contributed by atoms with Crippen molar-refractivity contribution in [3.63, 3.8) is 0 Å². The summed E-state index contributed by atoms with van der Waals surface area (Å²) in [5.41, 5.74) is 0.831. The number of hydrogen-bond donors (Lipinski definition) is 1. The molecule has 0 amide bonds. The number of nitrogens with one attached hydrogen (secondary N) is 1.